The van der Waals surface area contributed by atoms with Crippen LogP contribution < -0.4 is 5.32 Å². The Balaban J connectivity index is 2.11. The van der Waals surface area contributed by atoms with Crippen molar-refractivity contribution < 1.29 is 4.42 Å². The van der Waals surface area contributed by atoms with Crippen LogP contribution in [0.25, 0.3) is 11.0 Å². The lowest BCUT2D eigenvalue weighted by atomic mass is 10.0. The second-order valence-electron chi connectivity index (χ2n) is 4.40. The van der Waals surface area contributed by atoms with Crippen LogP contribution in [0.5, 0.6) is 0 Å². The predicted octanol–water partition coefficient (Wildman–Crippen LogP) is 4.11. The van der Waals surface area contributed by atoms with E-state index < -0.39 is 0 Å². The molecule has 3 aromatic rings. The number of aryl methyl sites for hydroxylation is 1. The molecule has 0 bridgehead atoms. The first-order chi connectivity index (χ1) is 8.79. The number of rotatable bonds is 3. The number of hydrogen-bond donors (Lipinski definition) is 1. The van der Waals surface area contributed by atoms with Crippen LogP contribution in [0.1, 0.15) is 22.0 Å². The highest BCUT2D eigenvalue weighted by molar-refractivity contribution is 7.10. The predicted molar refractivity (Wildman–Crippen MR) is 76.2 cm³/mol. The molecule has 92 valence electrons. The molecule has 0 saturated carbocycles. The Labute approximate surface area is 110 Å². The molecule has 2 aromatic heterocycles. The summed E-state index contributed by atoms with van der Waals surface area (Å²) in [7, 11) is 1.99. The summed E-state index contributed by atoms with van der Waals surface area (Å²) in [5.41, 5.74) is 3.44. The normalized spacial score (nSPS) is 13.0. The topological polar surface area (TPSA) is 25.2 Å². The van der Waals surface area contributed by atoms with Gasteiger partial charge in [-0.1, -0.05) is 18.2 Å². The van der Waals surface area contributed by atoms with Gasteiger partial charge in [-0.25, -0.2) is 0 Å². The molecular weight excluding hydrogens is 242 g/mol. The fourth-order valence-electron chi connectivity index (χ4n) is 2.34. The van der Waals surface area contributed by atoms with Crippen molar-refractivity contribution in [3.8, 4) is 0 Å². The van der Waals surface area contributed by atoms with Crippen LogP contribution in [-0.4, -0.2) is 7.05 Å². The molecule has 2 nitrogen and oxygen atoms in total. The Morgan fingerprint density at radius 3 is 2.83 bits per heavy atom. The van der Waals surface area contributed by atoms with E-state index in [1.54, 1.807) is 11.3 Å². The number of para-hydroxylation sites is 1. The SMILES string of the molecule is CNC(c1csc(C)c1)c1coc2ccccc12. The van der Waals surface area contributed by atoms with Crippen molar-refractivity contribution in [3.05, 3.63) is 58.0 Å². The monoisotopic (exact) mass is 257 g/mol. The summed E-state index contributed by atoms with van der Waals surface area (Å²) in [5, 5.41) is 6.76. The minimum absolute atomic E-state index is 0.193. The lowest BCUT2D eigenvalue weighted by Crippen LogP contribution is -2.16. The second-order valence-corrected chi connectivity index (χ2v) is 5.51. The van der Waals surface area contributed by atoms with Crippen molar-refractivity contribution in [1.29, 1.82) is 0 Å². The molecule has 1 unspecified atom stereocenters. The summed E-state index contributed by atoms with van der Waals surface area (Å²) in [6.07, 6.45) is 1.86. The third-order valence-corrected chi connectivity index (χ3v) is 4.07. The molecule has 0 amide bonds. The Kier molecular flexibility index (Phi) is 2.94. The van der Waals surface area contributed by atoms with E-state index in [2.05, 4.69) is 29.8 Å². The minimum atomic E-state index is 0.193. The zero-order chi connectivity index (χ0) is 12.5. The van der Waals surface area contributed by atoms with Crippen LogP contribution in [0.15, 0.2) is 46.4 Å². The van der Waals surface area contributed by atoms with Crippen molar-refractivity contribution in [2.45, 2.75) is 13.0 Å². The van der Waals surface area contributed by atoms with E-state index in [0.29, 0.717) is 0 Å². The quantitative estimate of drug-likeness (QED) is 0.763. The highest BCUT2D eigenvalue weighted by atomic mass is 32.1. The number of furan rings is 1. The number of hydrogen-bond acceptors (Lipinski definition) is 3. The summed E-state index contributed by atoms with van der Waals surface area (Å²) in [6, 6.07) is 10.6. The Bertz CT molecular complexity index is 668. The summed E-state index contributed by atoms with van der Waals surface area (Å²) in [6.45, 7) is 2.13. The third-order valence-electron chi connectivity index (χ3n) is 3.19. The van der Waals surface area contributed by atoms with Gasteiger partial charge in [0.1, 0.15) is 5.58 Å². The number of nitrogens with one attached hydrogen (secondary N) is 1. The molecule has 0 aliphatic rings. The highest BCUT2D eigenvalue weighted by Gasteiger charge is 2.18. The van der Waals surface area contributed by atoms with Crippen molar-refractivity contribution >= 4 is 22.3 Å². The van der Waals surface area contributed by atoms with Crippen LogP contribution >= 0.6 is 11.3 Å². The molecule has 3 rings (SSSR count). The highest BCUT2D eigenvalue weighted by Crippen LogP contribution is 2.32. The number of fused-ring (bicyclic) bond motifs is 1. The summed E-state index contributed by atoms with van der Waals surface area (Å²) in [4.78, 5) is 1.33. The van der Waals surface area contributed by atoms with E-state index in [9.17, 15) is 0 Å². The Morgan fingerprint density at radius 2 is 2.11 bits per heavy atom. The fraction of sp³-hybridized carbons (Fsp3) is 0.200. The lowest BCUT2D eigenvalue weighted by molar-refractivity contribution is 0.597. The summed E-state index contributed by atoms with van der Waals surface area (Å²) in [5.74, 6) is 0. The Morgan fingerprint density at radius 1 is 1.28 bits per heavy atom. The van der Waals surface area contributed by atoms with Crippen molar-refractivity contribution in [2.75, 3.05) is 7.05 Å². The molecule has 0 spiro atoms. The van der Waals surface area contributed by atoms with Crippen molar-refractivity contribution in [3.63, 3.8) is 0 Å². The van der Waals surface area contributed by atoms with Gasteiger partial charge in [0.15, 0.2) is 0 Å². The van der Waals surface area contributed by atoms with E-state index in [1.165, 1.54) is 21.4 Å². The molecule has 0 saturated heterocycles. The molecule has 1 aromatic carbocycles. The first-order valence-corrected chi connectivity index (χ1v) is 6.86. The lowest BCUT2D eigenvalue weighted by Gasteiger charge is -2.13. The van der Waals surface area contributed by atoms with Gasteiger partial charge in [0.25, 0.3) is 0 Å². The zero-order valence-corrected chi connectivity index (χ0v) is 11.3. The van der Waals surface area contributed by atoms with Gasteiger partial charge in [0.05, 0.1) is 12.3 Å². The molecule has 0 aliphatic heterocycles. The van der Waals surface area contributed by atoms with Gasteiger partial charge in [-0.05, 0) is 37.0 Å². The fourth-order valence-corrected chi connectivity index (χ4v) is 3.07. The molecule has 1 N–H and O–H groups in total. The van der Waals surface area contributed by atoms with Gasteiger partial charge in [-0.15, -0.1) is 11.3 Å². The molecule has 18 heavy (non-hydrogen) atoms. The maximum atomic E-state index is 5.62. The molecule has 1 atom stereocenters. The van der Waals surface area contributed by atoms with Crippen LogP contribution in [-0.2, 0) is 0 Å². The summed E-state index contributed by atoms with van der Waals surface area (Å²) >= 11 is 1.78. The average Bonchev–Trinajstić information content (AvgIpc) is 2.98. The van der Waals surface area contributed by atoms with E-state index in [0.717, 1.165) is 5.58 Å². The Hall–Kier alpha value is -1.58. The summed E-state index contributed by atoms with van der Waals surface area (Å²) < 4.78 is 5.62. The zero-order valence-electron chi connectivity index (χ0n) is 10.4. The van der Waals surface area contributed by atoms with Crippen LogP contribution in [0.4, 0.5) is 0 Å². The van der Waals surface area contributed by atoms with Gasteiger partial charge in [-0.2, -0.15) is 0 Å². The van der Waals surface area contributed by atoms with Gasteiger partial charge in [0, 0.05) is 15.8 Å². The number of benzene rings is 1. The van der Waals surface area contributed by atoms with Gasteiger partial charge < -0.3 is 9.73 Å². The van der Waals surface area contributed by atoms with Crippen LogP contribution in [0.2, 0.25) is 0 Å². The smallest absolute Gasteiger partial charge is 0.134 e. The standard InChI is InChI=1S/C15H15NOS/c1-10-7-11(9-18-10)15(16-2)13-8-17-14-6-4-3-5-12(13)14/h3-9,15-16H,1-2H3. The first-order valence-electron chi connectivity index (χ1n) is 5.98. The van der Waals surface area contributed by atoms with Crippen molar-refractivity contribution in [2.24, 2.45) is 0 Å². The van der Waals surface area contributed by atoms with Gasteiger partial charge in [0.2, 0.25) is 0 Å². The minimum Gasteiger partial charge on any atom is -0.464 e. The first kappa shape index (κ1) is 11.5. The molecule has 2 heterocycles. The molecule has 0 radical (unpaired) electrons. The maximum Gasteiger partial charge on any atom is 0.134 e. The molecular formula is C15H15NOS. The van der Waals surface area contributed by atoms with E-state index >= 15 is 0 Å². The average molecular weight is 257 g/mol. The molecule has 3 heteroatoms. The maximum absolute atomic E-state index is 5.62. The number of thiophene rings is 1. The van der Waals surface area contributed by atoms with Crippen LogP contribution in [0.3, 0.4) is 0 Å². The van der Waals surface area contributed by atoms with Gasteiger partial charge >= 0.3 is 0 Å². The van der Waals surface area contributed by atoms with Crippen molar-refractivity contribution in [1.82, 2.24) is 5.32 Å². The van der Waals surface area contributed by atoms with E-state index in [-0.39, 0.29) is 6.04 Å². The largest absolute Gasteiger partial charge is 0.464 e. The molecule has 0 fully saturated rings. The van der Waals surface area contributed by atoms with E-state index in [1.807, 2.05) is 31.5 Å². The second kappa shape index (κ2) is 4.59. The third kappa shape index (κ3) is 1.85. The van der Waals surface area contributed by atoms with E-state index in [4.69, 9.17) is 4.42 Å². The van der Waals surface area contributed by atoms with Gasteiger partial charge in [-0.3, -0.25) is 0 Å². The molecule has 0 aliphatic carbocycles. The van der Waals surface area contributed by atoms with Crippen LogP contribution in [0, 0.1) is 6.92 Å².